The highest BCUT2D eigenvalue weighted by Crippen LogP contribution is 2.27. The first-order valence-electron chi connectivity index (χ1n) is 7.97. The lowest BCUT2D eigenvalue weighted by molar-refractivity contribution is -0.116. The maximum atomic E-state index is 12.1. The van der Waals surface area contributed by atoms with E-state index in [1.807, 2.05) is 26.0 Å². The van der Waals surface area contributed by atoms with Crippen molar-refractivity contribution < 1.29 is 9.59 Å². The standard InChI is InChI=1S/C19H20Cl2N2O2/c1-12-10-13(2)18(16(21)11-12)23-17(24)4-3-9-22-19(25)14-5-7-15(20)8-6-14/h5-8,10-11H,3-4,9H2,1-2H3,(H,22,25)(H,23,24). The van der Waals surface area contributed by atoms with E-state index in [-0.39, 0.29) is 11.8 Å². The molecule has 0 radical (unpaired) electrons. The van der Waals surface area contributed by atoms with Gasteiger partial charge in [0.15, 0.2) is 0 Å². The lowest BCUT2D eigenvalue weighted by Crippen LogP contribution is -2.25. The number of amides is 2. The molecule has 0 saturated carbocycles. The van der Waals surface area contributed by atoms with Crippen LogP contribution >= 0.6 is 23.2 Å². The topological polar surface area (TPSA) is 58.2 Å². The van der Waals surface area contributed by atoms with Gasteiger partial charge in [-0.05, 0) is 61.7 Å². The average Bonchev–Trinajstić information content (AvgIpc) is 2.55. The molecule has 132 valence electrons. The van der Waals surface area contributed by atoms with Crippen molar-refractivity contribution in [2.45, 2.75) is 26.7 Å². The summed E-state index contributed by atoms with van der Waals surface area (Å²) in [6, 6.07) is 10.4. The van der Waals surface area contributed by atoms with Gasteiger partial charge in [0.2, 0.25) is 5.91 Å². The Hall–Kier alpha value is -2.04. The van der Waals surface area contributed by atoms with Crippen LogP contribution in [0.2, 0.25) is 10.0 Å². The van der Waals surface area contributed by atoms with Gasteiger partial charge in [0.05, 0.1) is 10.7 Å². The number of nitrogens with one attached hydrogen (secondary N) is 2. The van der Waals surface area contributed by atoms with Crippen molar-refractivity contribution in [3.05, 3.63) is 63.1 Å². The zero-order valence-corrected chi connectivity index (χ0v) is 15.7. The van der Waals surface area contributed by atoms with Crippen LogP contribution in [-0.4, -0.2) is 18.4 Å². The fraction of sp³-hybridized carbons (Fsp3) is 0.263. The Balaban J connectivity index is 1.77. The van der Waals surface area contributed by atoms with Gasteiger partial charge >= 0.3 is 0 Å². The summed E-state index contributed by atoms with van der Waals surface area (Å²) < 4.78 is 0. The highest BCUT2D eigenvalue weighted by Gasteiger charge is 2.10. The Kier molecular flexibility index (Phi) is 6.85. The van der Waals surface area contributed by atoms with E-state index in [0.717, 1.165) is 11.1 Å². The van der Waals surface area contributed by atoms with Crippen LogP contribution in [0.15, 0.2) is 36.4 Å². The third kappa shape index (κ3) is 5.76. The van der Waals surface area contributed by atoms with Crippen molar-refractivity contribution in [1.82, 2.24) is 5.32 Å². The Labute approximate surface area is 157 Å². The smallest absolute Gasteiger partial charge is 0.251 e. The molecule has 0 aliphatic rings. The fourth-order valence-electron chi connectivity index (χ4n) is 2.43. The molecule has 4 nitrogen and oxygen atoms in total. The van der Waals surface area contributed by atoms with Crippen LogP contribution in [0, 0.1) is 13.8 Å². The molecule has 25 heavy (non-hydrogen) atoms. The summed E-state index contributed by atoms with van der Waals surface area (Å²) in [5.74, 6) is -0.316. The summed E-state index contributed by atoms with van der Waals surface area (Å²) in [7, 11) is 0. The molecule has 0 aliphatic carbocycles. The Morgan fingerprint density at radius 2 is 1.72 bits per heavy atom. The van der Waals surface area contributed by atoms with Gasteiger partial charge in [0, 0.05) is 23.6 Å². The quantitative estimate of drug-likeness (QED) is 0.711. The van der Waals surface area contributed by atoms with Gasteiger partial charge < -0.3 is 10.6 Å². The van der Waals surface area contributed by atoms with E-state index in [1.165, 1.54) is 0 Å². The van der Waals surface area contributed by atoms with E-state index >= 15 is 0 Å². The molecule has 0 atom stereocenters. The van der Waals surface area contributed by atoms with E-state index in [0.29, 0.717) is 40.7 Å². The van der Waals surface area contributed by atoms with Crippen LogP contribution in [-0.2, 0) is 4.79 Å². The highest BCUT2D eigenvalue weighted by atomic mass is 35.5. The average molecular weight is 379 g/mol. The van der Waals surface area contributed by atoms with Gasteiger partial charge in [-0.1, -0.05) is 29.3 Å². The molecule has 0 aromatic heterocycles. The minimum absolute atomic E-state index is 0.130. The van der Waals surface area contributed by atoms with E-state index in [9.17, 15) is 9.59 Å². The van der Waals surface area contributed by atoms with Crippen molar-refractivity contribution in [3.8, 4) is 0 Å². The molecular weight excluding hydrogens is 359 g/mol. The summed E-state index contributed by atoms with van der Waals surface area (Å²) in [5.41, 5.74) is 3.15. The molecule has 2 rings (SSSR count). The molecule has 6 heteroatoms. The van der Waals surface area contributed by atoms with Crippen LogP contribution in [0.1, 0.15) is 34.3 Å². The van der Waals surface area contributed by atoms with E-state index < -0.39 is 0 Å². The summed E-state index contributed by atoms with van der Waals surface area (Å²) in [6.45, 7) is 4.27. The van der Waals surface area contributed by atoms with Crippen molar-refractivity contribution in [2.24, 2.45) is 0 Å². The van der Waals surface area contributed by atoms with Gasteiger partial charge in [0.25, 0.3) is 5.91 Å². The van der Waals surface area contributed by atoms with Gasteiger partial charge in [-0.2, -0.15) is 0 Å². The highest BCUT2D eigenvalue weighted by molar-refractivity contribution is 6.34. The van der Waals surface area contributed by atoms with E-state index in [4.69, 9.17) is 23.2 Å². The molecule has 0 aliphatic heterocycles. The number of carbonyl (C=O) groups excluding carboxylic acids is 2. The van der Waals surface area contributed by atoms with Crippen molar-refractivity contribution >= 4 is 40.7 Å². The lowest BCUT2D eigenvalue weighted by atomic mass is 10.1. The zero-order chi connectivity index (χ0) is 18.4. The predicted octanol–water partition coefficient (Wildman–Crippen LogP) is 4.76. The third-order valence-corrected chi connectivity index (χ3v) is 4.22. The Morgan fingerprint density at radius 1 is 1.04 bits per heavy atom. The molecule has 0 unspecified atom stereocenters. The largest absolute Gasteiger partial charge is 0.352 e. The third-order valence-electron chi connectivity index (χ3n) is 3.67. The fourth-order valence-corrected chi connectivity index (χ4v) is 2.92. The molecule has 2 amide bonds. The minimum atomic E-state index is -0.186. The SMILES string of the molecule is Cc1cc(C)c(NC(=O)CCCNC(=O)c2ccc(Cl)cc2)c(Cl)c1. The Bertz CT molecular complexity index is 750. The van der Waals surface area contributed by atoms with Crippen LogP contribution in [0.4, 0.5) is 5.69 Å². The molecule has 2 N–H and O–H groups in total. The number of aryl methyl sites for hydroxylation is 2. The number of hydrogen-bond donors (Lipinski definition) is 2. The number of rotatable bonds is 6. The summed E-state index contributed by atoms with van der Waals surface area (Å²) in [4.78, 5) is 24.0. The first-order valence-corrected chi connectivity index (χ1v) is 8.73. The summed E-state index contributed by atoms with van der Waals surface area (Å²) in [5, 5.41) is 6.72. The van der Waals surface area contributed by atoms with Crippen molar-refractivity contribution in [1.29, 1.82) is 0 Å². The first kappa shape index (κ1) is 19.3. The molecule has 0 spiro atoms. The number of anilines is 1. The molecule has 0 saturated heterocycles. The molecule has 0 heterocycles. The second-order valence-electron chi connectivity index (χ2n) is 5.85. The minimum Gasteiger partial charge on any atom is -0.352 e. The van der Waals surface area contributed by atoms with E-state index in [2.05, 4.69) is 10.6 Å². The van der Waals surface area contributed by atoms with Crippen LogP contribution in [0.5, 0.6) is 0 Å². The number of carbonyl (C=O) groups is 2. The summed E-state index contributed by atoms with van der Waals surface area (Å²) >= 11 is 12.0. The molecule has 0 bridgehead atoms. The molecule has 2 aromatic rings. The number of benzene rings is 2. The lowest BCUT2D eigenvalue weighted by Gasteiger charge is -2.11. The van der Waals surface area contributed by atoms with Crippen LogP contribution in [0.3, 0.4) is 0 Å². The molecular formula is C19H20Cl2N2O2. The number of halogens is 2. The normalized spacial score (nSPS) is 10.4. The van der Waals surface area contributed by atoms with Crippen LogP contribution < -0.4 is 10.6 Å². The van der Waals surface area contributed by atoms with Gasteiger partial charge in [0.1, 0.15) is 0 Å². The van der Waals surface area contributed by atoms with E-state index in [1.54, 1.807) is 24.3 Å². The number of hydrogen-bond acceptors (Lipinski definition) is 2. The molecule has 2 aromatic carbocycles. The second kappa shape index (κ2) is 8.88. The van der Waals surface area contributed by atoms with Crippen molar-refractivity contribution in [3.63, 3.8) is 0 Å². The monoisotopic (exact) mass is 378 g/mol. The van der Waals surface area contributed by atoms with Gasteiger partial charge in [-0.3, -0.25) is 9.59 Å². The Morgan fingerprint density at radius 3 is 2.36 bits per heavy atom. The van der Waals surface area contributed by atoms with Gasteiger partial charge in [-0.25, -0.2) is 0 Å². The van der Waals surface area contributed by atoms with Crippen LogP contribution in [0.25, 0.3) is 0 Å². The second-order valence-corrected chi connectivity index (χ2v) is 6.70. The molecule has 0 fully saturated rings. The summed E-state index contributed by atoms with van der Waals surface area (Å²) in [6.07, 6.45) is 0.832. The zero-order valence-electron chi connectivity index (χ0n) is 14.2. The first-order chi connectivity index (χ1) is 11.9. The maximum Gasteiger partial charge on any atom is 0.251 e. The maximum absolute atomic E-state index is 12.1. The predicted molar refractivity (Wildman–Crippen MR) is 103 cm³/mol. The van der Waals surface area contributed by atoms with Gasteiger partial charge in [-0.15, -0.1) is 0 Å². The van der Waals surface area contributed by atoms with Crippen molar-refractivity contribution in [2.75, 3.05) is 11.9 Å².